The number of thioether (sulfide) groups is 1. The third kappa shape index (κ3) is 4.22. The summed E-state index contributed by atoms with van der Waals surface area (Å²) in [7, 11) is 0. The third-order valence-corrected chi connectivity index (χ3v) is 4.53. The summed E-state index contributed by atoms with van der Waals surface area (Å²) in [6.07, 6.45) is 1.85. The molecule has 0 saturated heterocycles. The minimum atomic E-state index is -0.490. The lowest BCUT2D eigenvalue weighted by Crippen LogP contribution is -2.21. The van der Waals surface area contributed by atoms with Gasteiger partial charge in [0.2, 0.25) is 0 Å². The zero-order valence-electron chi connectivity index (χ0n) is 12.1. The molecule has 8 heteroatoms. The monoisotopic (exact) mass is 337 g/mol. The third-order valence-electron chi connectivity index (χ3n) is 2.51. The Morgan fingerprint density at radius 3 is 2.64 bits per heavy atom. The van der Waals surface area contributed by atoms with Crippen LogP contribution in [-0.4, -0.2) is 29.8 Å². The number of carbonyl (C=O) groups is 2. The largest absolute Gasteiger partial charge is 0.462 e. The fourth-order valence-electron chi connectivity index (χ4n) is 1.60. The van der Waals surface area contributed by atoms with Crippen molar-refractivity contribution in [2.24, 2.45) is 0 Å². The molecule has 0 aliphatic carbocycles. The number of amides is 2. The molecule has 0 spiro atoms. The van der Waals surface area contributed by atoms with Crippen LogP contribution >= 0.6 is 23.1 Å². The zero-order chi connectivity index (χ0) is 15.9. The van der Waals surface area contributed by atoms with Crippen LogP contribution in [0.4, 0.5) is 16.3 Å². The highest BCUT2D eigenvalue weighted by atomic mass is 32.2. The van der Waals surface area contributed by atoms with Crippen molar-refractivity contribution < 1.29 is 14.3 Å². The van der Waals surface area contributed by atoms with E-state index >= 15 is 0 Å². The molecule has 0 bridgehead atoms. The van der Waals surface area contributed by atoms with Crippen molar-refractivity contribution in [3.05, 3.63) is 35.2 Å². The summed E-state index contributed by atoms with van der Waals surface area (Å²) in [5.41, 5.74) is 0.651. The number of thiazole rings is 1. The van der Waals surface area contributed by atoms with Crippen LogP contribution in [0.25, 0.3) is 0 Å². The molecule has 2 aromatic rings. The molecule has 0 aliphatic rings. The molecule has 0 unspecified atom stereocenters. The van der Waals surface area contributed by atoms with E-state index < -0.39 is 12.0 Å². The number of esters is 1. The van der Waals surface area contributed by atoms with Crippen LogP contribution in [0.1, 0.15) is 16.6 Å². The SMILES string of the molecule is CCOC(=O)c1sc(SC)nc1NC(=O)Nc1ccccc1. The van der Waals surface area contributed by atoms with Gasteiger partial charge in [0.25, 0.3) is 0 Å². The maximum Gasteiger partial charge on any atom is 0.352 e. The predicted molar refractivity (Wildman–Crippen MR) is 88.9 cm³/mol. The fourth-order valence-corrected chi connectivity index (χ4v) is 3.01. The van der Waals surface area contributed by atoms with Crippen LogP contribution in [0, 0.1) is 0 Å². The van der Waals surface area contributed by atoms with Crippen LogP contribution < -0.4 is 10.6 Å². The minimum absolute atomic E-state index is 0.209. The molecule has 2 rings (SSSR count). The number of rotatable bonds is 5. The normalized spacial score (nSPS) is 10.1. The van der Waals surface area contributed by atoms with Crippen molar-refractivity contribution in [2.45, 2.75) is 11.3 Å². The Labute approximate surface area is 136 Å². The smallest absolute Gasteiger partial charge is 0.352 e. The second-order valence-electron chi connectivity index (χ2n) is 4.03. The minimum Gasteiger partial charge on any atom is -0.462 e. The van der Waals surface area contributed by atoms with Gasteiger partial charge < -0.3 is 10.1 Å². The summed E-state index contributed by atoms with van der Waals surface area (Å²) in [6.45, 7) is 1.99. The van der Waals surface area contributed by atoms with Crippen molar-refractivity contribution in [2.75, 3.05) is 23.5 Å². The van der Waals surface area contributed by atoms with Crippen LogP contribution in [0.2, 0.25) is 0 Å². The van der Waals surface area contributed by atoms with Gasteiger partial charge in [-0.25, -0.2) is 14.6 Å². The Morgan fingerprint density at radius 1 is 1.27 bits per heavy atom. The number of anilines is 2. The molecule has 0 fully saturated rings. The topological polar surface area (TPSA) is 80.3 Å². The lowest BCUT2D eigenvalue weighted by Gasteiger charge is -2.06. The molecule has 116 valence electrons. The molecule has 1 heterocycles. The van der Waals surface area contributed by atoms with Crippen LogP contribution in [0.15, 0.2) is 34.7 Å². The average molecular weight is 337 g/mol. The summed E-state index contributed by atoms with van der Waals surface area (Å²) in [5.74, 6) is -0.281. The zero-order valence-corrected chi connectivity index (χ0v) is 13.7. The lowest BCUT2D eigenvalue weighted by molar-refractivity contribution is 0.0533. The highest BCUT2D eigenvalue weighted by Gasteiger charge is 2.20. The number of nitrogens with one attached hydrogen (secondary N) is 2. The quantitative estimate of drug-likeness (QED) is 0.642. The maximum absolute atomic E-state index is 12.0. The van der Waals surface area contributed by atoms with Gasteiger partial charge in [0.1, 0.15) is 0 Å². The van der Waals surface area contributed by atoms with Gasteiger partial charge in [-0.1, -0.05) is 41.3 Å². The molecule has 2 N–H and O–H groups in total. The summed E-state index contributed by atoms with van der Waals surface area (Å²) in [5, 5.41) is 5.26. The number of para-hydroxylation sites is 1. The molecule has 0 aliphatic heterocycles. The molecule has 0 radical (unpaired) electrons. The second-order valence-corrected chi connectivity index (χ2v) is 6.08. The molecular formula is C14H15N3O3S2. The van der Waals surface area contributed by atoms with Gasteiger partial charge in [-0.2, -0.15) is 0 Å². The molecule has 2 amide bonds. The van der Waals surface area contributed by atoms with Gasteiger partial charge in [-0.15, -0.1) is 0 Å². The van der Waals surface area contributed by atoms with E-state index in [1.54, 1.807) is 19.1 Å². The standard InChI is InChI=1S/C14H15N3O3S2/c1-3-20-12(18)10-11(17-14(21-2)22-10)16-13(19)15-9-7-5-4-6-8-9/h4-8H,3H2,1-2H3,(H2,15,16,19). The van der Waals surface area contributed by atoms with E-state index in [9.17, 15) is 9.59 Å². The first-order chi connectivity index (χ1) is 10.6. The fraction of sp³-hybridized carbons (Fsp3) is 0.214. The first kappa shape index (κ1) is 16.3. The molecule has 1 aromatic carbocycles. The van der Waals surface area contributed by atoms with Crippen LogP contribution in [0.3, 0.4) is 0 Å². The molecule has 0 atom stereocenters. The lowest BCUT2D eigenvalue weighted by atomic mass is 10.3. The van der Waals surface area contributed by atoms with Crippen LogP contribution in [0.5, 0.6) is 0 Å². The molecular weight excluding hydrogens is 322 g/mol. The number of ether oxygens (including phenoxy) is 1. The Kier molecular flexibility index (Phi) is 5.79. The van der Waals surface area contributed by atoms with Gasteiger partial charge in [-0.3, -0.25) is 5.32 Å². The van der Waals surface area contributed by atoms with Gasteiger partial charge in [0.05, 0.1) is 6.61 Å². The van der Waals surface area contributed by atoms with Crippen molar-refractivity contribution in [1.29, 1.82) is 0 Å². The van der Waals surface area contributed by atoms with Crippen molar-refractivity contribution in [3.8, 4) is 0 Å². The van der Waals surface area contributed by atoms with E-state index in [2.05, 4.69) is 15.6 Å². The van der Waals surface area contributed by atoms with Crippen molar-refractivity contribution >= 4 is 46.6 Å². The van der Waals surface area contributed by atoms with Gasteiger partial charge in [-0.05, 0) is 25.3 Å². The van der Waals surface area contributed by atoms with Crippen LogP contribution in [-0.2, 0) is 4.74 Å². The Morgan fingerprint density at radius 2 is 2.00 bits per heavy atom. The van der Waals surface area contributed by atoms with E-state index in [1.807, 2.05) is 24.5 Å². The van der Waals surface area contributed by atoms with E-state index in [0.29, 0.717) is 10.0 Å². The average Bonchev–Trinajstić information content (AvgIpc) is 2.91. The summed E-state index contributed by atoms with van der Waals surface area (Å²) >= 11 is 2.59. The molecule has 6 nitrogen and oxygen atoms in total. The molecule has 0 saturated carbocycles. The van der Waals surface area contributed by atoms with Crippen molar-refractivity contribution in [3.63, 3.8) is 0 Å². The highest BCUT2D eigenvalue weighted by molar-refractivity contribution is 8.00. The predicted octanol–water partition coefficient (Wildman–Crippen LogP) is 3.69. The number of benzene rings is 1. The molecule has 1 aromatic heterocycles. The number of hydrogen-bond donors (Lipinski definition) is 2. The van der Waals surface area contributed by atoms with E-state index in [0.717, 1.165) is 0 Å². The maximum atomic E-state index is 12.0. The summed E-state index contributed by atoms with van der Waals surface area (Å²) in [4.78, 5) is 28.4. The summed E-state index contributed by atoms with van der Waals surface area (Å²) < 4.78 is 5.66. The highest BCUT2D eigenvalue weighted by Crippen LogP contribution is 2.30. The van der Waals surface area contributed by atoms with E-state index in [1.165, 1.54) is 23.1 Å². The number of carbonyl (C=O) groups excluding carboxylic acids is 2. The number of nitrogens with zero attached hydrogens (tertiary/aromatic N) is 1. The second kappa shape index (κ2) is 7.81. The summed E-state index contributed by atoms with van der Waals surface area (Å²) in [6, 6.07) is 8.55. The van der Waals surface area contributed by atoms with Crippen molar-refractivity contribution in [1.82, 2.24) is 4.98 Å². The Hall–Kier alpha value is -2.06. The van der Waals surface area contributed by atoms with Gasteiger partial charge >= 0.3 is 12.0 Å². The first-order valence-electron chi connectivity index (χ1n) is 6.49. The number of urea groups is 1. The van der Waals surface area contributed by atoms with Gasteiger partial charge in [0.15, 0.2) is 15.0 Å². The number of hydrogen-bond acceptors (Lipinski definition) is 6. The molecule has 22 heavy (non-hydrogen) atoms. The Bertz CT molecular complexity index is 659. The number of aromatic nitrogens is 1. The van der Waals surface area contributed by atoms with E-state index in [-0.39, 0.29) is 17.3 Å². The first-order valence-corrected chi connectivity index (χ1v) is 8.53. The van der Waals surface area contributed by atoms with E-state index in [4.69, 9.17) is 4.74 Å². The Balaban J connectivity index is 2.12. The van der Waals surface area contributed by atoms with Gasteiger partial charge in [0, 0.05) is 5.69 Å².